The molecule has 1 fully saturated rings. The number of hydrogen-bond donors (Lipinski definition) is 2. The summed E-state index contributed by atoms with van der Waals surface area (Å²) in [5.74, 6) is -0.238. The minimum Gasteiger partial charge on any atom is -0.354 e. The van der Waals surface area contributed by atoms with E-state index in [1.807, 2.05) is 0 Å². The predicted octanol–water partition coefficient (Wildman–Crippen LogP) is 1.22. The van der Waals surface area contributed by atoms with E-state index < -0.39 is 26.7 Å². The first-order chi connectivity index (χ1) is 12.7. The normalized spacial score (nSPS) is 18.3. The van der Waals surface area contributed by atoms with E-state index in [4.69, 9.17) is 5.73 Å². The number of amides is 1. The molecule has 27 heavy (non-hydrogen) atoms. The Morgan fingerprint density at radius 2 is 2.00 bits per heavy atom. The molecule has 1 unspecified atom stereocenters. The third-order valence-corrected chi connectivity index (χ3v) is 6.82. The topological polar surface area (TPSA) is 136 Å². The van der Waals surface area contributed by atoms with Crippen molar-refractivity contribution < 1.29 is 18.1 Å². The fourth-order valence-corrected chi connectivity index (χ4v) is 5.11. The van der Waals surface area contributed by atoms with Crippen molar-refractivity contribution in [2.24, 2.45) is 5.73 Å². The lowest BCUT2D eigenvalue weighted by molar-refractivity contribution is -0.387. The molecule has 1 amide bonds. The molecule has 1 aliphatic rings. The number of nitro groups is 1. The second-order valence-electron chi connectivity index (χ2n) is 6.77. The van der Waals surface area contributed by atoms with Gasteiger partial charge in [-0.1, -0.05) is 6.42 Å². The molecule has 150 valence electrons. The fraction of sp³-hybridized carbons (Fsp3) is 0.588. The van der Waals surface area contributed by atoms with Crippen LogP contribution in [0, 0.1) is 24.0 Å². The summed E-state index contributed by atoms with van der Waals surface area (Å²) in [7, 11) is -4.07. The van der Waals surface area contributed by atoms with Gasteiger partial charge in [-0.2, -0.15) is 4.31 Å². The number of rotatable bonds is 7. The SMILES string of the molecule is Cc1cc([N+](=O)[O-])c(S(=O)(=O)N2CCCCC2CNC(=O)CCN)cc1C. The standard InChI is InChI=1S/C17H26N4O5S/c1-12-9-15(21(23)24)16(10-13(12)2)27(25,26)20-8-4-3-5-14(20)11-19-17(22)6-7-18/h9-10,14H,3-8,11,18H2,1-2H3,(H,19,22). The van der Waals surface area contributed by atoms with Crippen LogP contribution in [0.15, 0.2) is 17.0 Å². The maximum atomic E-state index is 13.2. The zero-order valence-electron chi connectivity index (χ0n) is 15.6. The number of hydrogen-bond acceptors (Lipinski definition) is 6. The minimum atomic E-state index is -4.07. The van der Waals surface area contributed by atoms with Gasteiger partial charge in [0.2, 0.25) is 15.9 Å². The largest absolute Gasteiger partial charge is 0.354 e. The molecule has 1 aromatic rings. The number of piperidine rings is 1. The molecule has 1 aliphatic heterocycles. The third kappa shape index (κ3) is 4.82. The Morgan fingerprint density at radius 3 is 2.63 bits per heavy atom. The van der Waals surface area contributed by atoms with Crippen molar-refractivity contribution in [1.29, 1.82) is 0 Å². The van der Waals surface area contributed by atoms with E-state index >= 15 is 0 Å². The molecule has 2 rings (SSSR count). The number of carbonyl (C=O) groups excluding carboxylic acids is 1. The van der Waals surface area contributed by atoms with Gasteiger partial charge in [0.05, 0.1) is 4.92 Å². The average Bonchev–Trinajstić information content (AvgIpc) is 2.62. The van der Waals surface area contributed by atoms with E-state index in [9.17, 15) is 23.3 Å². The van der Waals surface area contributed by atoms with Crippen molar-refractivity contribution in [3.8, 4) is 0 Å². The molecule has 3 N–H and O–H groups in total. The van der Waals surface area contributed by atoms with Gasteiger partial charge in [-0.05, 0) is 43.9 Å². The van der Waals surface area contributed by atoms with Crippen LogP contribution < -0.4 is 11.1 Å². The first-order valence-corrected chi connectivity index (χ1v) is 10.4. The first-order valence-electron chi connectivity index (χ1n) is 8.92. The predicted molar refractivity (Wildman–Crippen MR) is 101 cm³/mol. The summed E-state index contributed by atoms with van der Waals surface area (Å²) in [6.45, 7) is 4.07. The second-order valence-corrected chi connectivity index (χ2v) is 8.63. The Morgan fingerprint density at radius 1 is 1.33 bits per heavy atom. The molecule has 9 nitrogen and oxygen atoms in total. The highest BCUT2D eigenvalue weighted by atomic mass is 32.2. The van der Waals surface area contributed by atoms with E-state index in [1.54, 1.807) is 13.8 Å². The summed E-state index contributed by atoms with van der Waals surface area (Å²) < 4.78 is 27.8. The molecular weight excluding hydrogens is 372 g/mol. The van der Waals surface area contributed by atoms with E-state index in [0.717, 1.165) is 6.42 Å². The number of nitrogens with two attached hydrogens (primary N) is 1. The van der Waals surface area contributed by atoms with Gasteiger partial charge in [-0.15, -0.1) is 0 Å². The zero-order valence-corrected chi connectivity index (χ0v) is 16.4. The van der Waals surface area contributed by atoms with E-state index in [1.165, 1.54) is 16.4 Å². The molecule has 0 bridgehead atoms. The average molecular weight is 398 g/mol. The van der Waals surface area contributed by atoms with Gasteiger partial charge in [0.1, 0.15) is 0 Å². The maximum absolute atomic E-state index is 13.2. The van der Waals surface area contributed by atoms with Crippen LogP contribution in [0.2, 0.25) is 0 Å². The van der Waals surface area contributed by atoms with Crippen molar-refractivity contribution >= 4 is 21.6 Å². The molecule has 1 saturated heterocycles. The second kappa shape index (κ2) is 8.77. The van der Waals surface area contributed by atoms with Crippen LogP contribution in [-0.4, -0.2) is 49.2 Å². The van der Waals surface area contributed by atoms with Gasteiger partial charge in [0.15, 0.2) is 4.90 Å². The van der Waals surface area contributed by atoms with Crippen molar-refractivity contribution in [2.45, 2.75) is 50.5 Å². The molecule has 1 heterocycles. The summed E-state index contributed by atoms with van der Waals surface area (Å²) in [4.78, 5) is 22.2. The Bertz CT molecular complexity index is 825. The van der Waals surface area contributed by atoms with Gasteiger partial charge < -0.3 is 11.1 Å². The minimum absolute atomic E-state index is 0.163. The number of sulfonamides is 1. The maximum Gasteiger partial charge on any atom is 0.289 e. The molecule has 0 spiro atoms. The van der Waals surface area contributed by atoms with Gasteiger partial charge in [0, 0.05) is 38.2 Å². The molecule has 0 radical (unpaired) electrons. The fourth-order valence-electron chi connectivity index (χ4n) is 3.20. The number of aryl methyl sites for hydroxylation is 2. The van der Waals surface area contributed by atoms with E-state index in [-0.39, 0.29) is 36.9 Å². The summed E-state index contributed by atoms with van der Waals surface area (Å²) in [6.07, 6.45) is 2.26. The van der Waals surface area contributed by atoms with Crippen molar-refractivity contribution in [1.82, 2.24) is 9.62 Å². The lowest BCUT2D eigenvalue weighted by Crippen LogP contribution is -2.49. The number of nitrogens with zero attached hydrogens (tertiary/aromatic N) is 2. The molecule has 0 saturated carbocycles. The van der Waals surface area contributed by atoms with Gasteiger partial charge in [0.25, 0.3) is 5.69 Å². The van der Waals surface area contributed by atoms with Crippen LogP contribution in [0.4, 0.5) is 5.69 Å². The van der Waals surface area contributed by atoms with Crippen molar-refractivity contribution in [2.75, 3.05) is 19.6 Å². The Balaban J connectivity index is 2.37. The van der Waals surface area contributed by atoms with Crippen LogP contribution in [0.25, 0.3) is 0 Å². The molecule has 0 aromatic heterocycles. The lowest BCUT2D eigenvalue weighted by Gasteiger charge is -2.34. The summed E-state index contributed by atoms with van der Waals surface area (Å²) >= 11 is 0. The van der Waals surface area contributed by atoms with Crippen LogP contribution in [0.5, 0.6) is 0 Å². The molecule has 1 atom stereocenters. The quantitative estimate of drug-likeness (QED) is 0.523. The van der Waals surface area contributed by atoms with Crippen molar-refractivity contribution in [3.63, 3.8) is 0 Å². The number of carbonyl (C=O) groups is 1. The highest BCUT2D eigenvalue weighted by molar-refractivity contribution is 7.89. The molecular formula is C17H26N4O5S. The number of nitrogens with one attached hydrogen (secondary N) is 1. The summed E-state index contributed by atoms with van der Waals surface area (Å²) in [6, 6.07) is 2.22. The first kappa shape index (κ1) is 21.3. The Labute approximate surface area is 159 Å². The highest BCUT2D eigenvalue weighted by Crippen LogP contribution is 2.32. The molecule has 0 aliphatic carbocycles. The van der Waals surface area contributed by atoms with Crippen LogP contribution in [-0.2, 0) is 14.8 Å². The zero-order chi connectivity index (χ0) is 20.2. The van der Waals surface area contributed by atoms with Crippen molar-refractivity contribution in [3.05, 3.63) is 33.4 Å². The Kier molecular flexibility index (Phi) is 6.90. The monoisotopic (exact) mass is 398 g/mol. The summed E-state index contributed by atoms with van der Waals surface area (Å²) in [5.41, 5.74) is 6.26. The van der Waals surface area contributed by atoms with Gasteiger partial charge in [-0.3, -0.25) is 14.9 Å². The molecule has 10 heteroatoms. The van der Waals surface area contributed by atoms with Gasteiger partial charge >= 0.3 is 0 Å². The van der Waals surface area contributed by atoms with Crippen LogP contribution in [0.1, 0.15) is 36.8 Å². The van der Waals surface area contributed by atoms with E-state index in [2.05, 4.69) is 5.32 Å². The Hall–Kier alpha value is -2.04. The number of benzene rings is 1. The highest BCUT2D eigenvalue weighted by Gasteiger charge is 2.37. The lowest BCUT2D eigenvalue weighted by atomic mass is 10.1. The van der Waals surface area contributed by atoms with Crippen LogP contribution >= 0.6 is 0 Å². The number of nitro benzene ring substituents is 1. The smallest absolute Gasteiger partial charge is 0.289 e. The van der Waals surface area contributed by atoms with Gasteiger partial charge in [-0.25, -0.2) is 8.42 Å². The van der Waals surface area contributed by atoms with E-state index in [0.29, 0.717) is 24.0 Å². The summed E-state index contributed by atoms with van der Waals surface area (Å²) in [5, 5.41) is 14.1. The molecule has 1 aromatic carbocycles. The van der Waals surface area contributed by atoms with Crippen LogP contribution in [0.3, 0.4) is 0 Å². The third-order valence-electron chi connectivity index (χ3n) is 4.84.